The van der Waals surface area contributed by atoms with Crippen molar-refractivity contribution >= 4 is 5.97 Å². The van der Waals surface area contributed by atoms with Crippen molar-refractivity contribution in [3.63, 3.8) is 0 Å². The zero-order valence-corrected chi connectivity index (χ0v) is 32.3. The second-order valence-electron chi connectivity index (χ2n) is 14.5. The normalized spacial score (nSPS) is 29.8. The van der Waals surface area contributed by atoms with Crippen LogP contribution in [0.2, 0.25) is 0 Å². The molecule has 0 aliphatic carbocycles. The minimum atomic E-state index is -1.70. The number of hydrogen-bond acceptors (Lipinski definition) is 14. The predicted molar refractivity (Wildman–Crippen MR) is 197 cm³/mol. The highest BCUT2D eigenvalue weighted by atomic mass is 16.7. The van der Waals surface area contributed by atoms with E-state index in [0.29, 0.717) is 13.0 Å². The summed E-state index contributed by atoms with van der Waals surface area (Å²) < 4.78 is 33.8. The largest absolute Gasteiger partial charge is 0.457 e. The molecule has 2 fully saturated rings. The van der Waals surface area contributed by atoms with Crippen LogP contribution in [-0.4, -0.2) is 142 Å². The van der Waals surface area contributed by atoms with E-state index >= 15 is 0 Å². The van der Waals surface area contributed by atoms with Crippen LogP contribution < -0.4 is 0 Å². The fourth-order valence-corrected chi connectivity index (χ4v) is 6.34. The quantitative estimate of drug-likeness (QED) is 0.0318. The number of carbonyl (C=O) groups excluding carboxylic acids is 1. The number of allylic oxidation sites excluding steroid dienone is 2. The fraction of sp³-hybridized carbons (Fsp3) is 0.923. The van der Waals surface area contributed by atoms with Gasteiger partial charge in [-0.15, -0.1) is 0 Å². The molecule has 2 rings (SSSR count). The van der Waals surface area contributed by atoms with Crippen molar-refractivity contribution in [1.82, 2.24) is 0 Å². The SMILES string of the molecule is CCCCCCC/C=C\CCCCCCCCOCC(COC1OC(COC2OC(CO)C(O)C(O)C2O)C(O)C(O)C1O)OC(=O)CCCCCC. The van der Waals surface area contributed by atoms with Crippen molar-refractivity contribution in [2.75, 3.05) is 33.0 Å². The van der Waals surface area contributed by atoms with Crippen molar-refractivity contribution in [3.8, 4) is 0 Å². The van der Waals surface area contributed by atoms with E-state index < -0.39 is 86.7 Å². The van der Waals surface area contributed by atoms with Gasteiger partial charge in [-0.25, -0.2) is 0 Å². The van der Waals surface area contributed by atoms with Crippen molar-refractivity contribution in [1.29, 1.82) is 0 Å². The first-order chi connectivity index (χ1) is 25.6. The number of ether oxygens (including phenoxy) is 6. The Balaban J connectivity index is 1.78. The smallest absolute Gasteiger partial charge is 0.306 e. The average Bonchev–Trinajstić information content (AvgIpc) is 3.15. The maximum atomic E-state index is 12.6. The molecule has 0 spiro atoms. The van der Waals surface area contributed by atoms with E-state index in [1.807, 2.05) is 0 Å². The van der Waals surface area contributed by atoms with Crippen LogP contribution in [0.25, 0.3) is 0 Å². The molecule has 2 saturated heterocycles. The number of rotatable bonds is 30. The van der Waals surface area contributed by atoms with Gasteiger partial charge in [0.15, 0.2) is 12.6 Å². The average molecular weight is 765 g/mol. The van der Waals surface area contributed by atoms with E-state index in [1.165, 1.54) is 57.8 Å². The van der Waals surface area contributed by atoms with Gasteiger partial charge in [0.1, 0.15) is 54.9 Å². The highest BCUT2D eigenvalue weighted by Crippen LogP contribution is 2.26. The van der Waals surface area contributed by atoms with Gasteiger partial charge in [0.05, 0.1) is 26.4 Å². The fourth-order valence-electron chi connectivity index (χ4n) is 6.34. The zero-order valence-electron chi connectivity index (χ0n) is 32.3. The summed E-state index contributed by atoms with van der Waals surface area (Å²) in [5.74, 6) is -0.397. The number of unbranched alkanes of at least 4 members (excludes halogenated alkanes) is 14. The topological polar surface area (TPSA) is 214 Å². The summed E-state index contributed by atoms with van der Waals surface area (Å²) in [6, 6.07) is 0. The first kappa shape index (κ1) is 47.9. The van der Waals surface area contributed by atoms with E-state index in [2.05, 4.69) is 26.0 Å². The molecule has 312 valence electrons. The first-order valence-corrected chi connectivity index (χ1v) is 20.3. The van der Waals surface area contributed by atoms with Crippen LogP contribution in [0.3, 0.4) is 0 Å². The number of aliphatic hydroxyl groups excluding tert-OH is 7. The van der Waals surface area contributed by atoms with Gasteiger partial charge in [-0.2, -0.15) is 0 Å². The van der Waals surface area contributed by atoms with Gasteiger partial charge in [0, 0.05) is 13.0 Å². The summed E-state index contributed by atoms with van der Waals surface area (Å²) in [5, 5.41) is 71.4. The standard InChI is InChI=1S/C39H72O14/c1-3-5-7-9-10-11-12-13-14-15-16-17-18-19-21-23-48-25-28(51-31(41)22-20-8-6-4-2)26-49-38-37(47)35(45)33(43)30(53-38)27-50-39-36(46)34(44)32(42)29(24-40)52-39/h12-13,28-30,32-40,42-47H,3-11,14-27H2,1-2H3/b13-12-. The third-order valence-corrected chi connectivity index (χ3v) is 9.77. The van der Waals surface area contributed by atoms with E-state index in [1.54, 1.807) is 0 Å². The Bertz CT molecular complexity index is 938. The summed E-state index contributed by atoms with van der Waals surface area (Å²) in [6.45, 7) is 3.51. The molecule has 0 saturated carbocycles. The Kier molecular flexibility index (Phi) is 26.2. The summed E-state index contributed by atoms with van der Waals surface area (Å²) in [5.41, 5.74) is 0. The maximum Gasteiger partial charge on any atom is 0.306 e. The molecule has 0 aromatic carbocycles. The molecule has 14 heteroatoms. The second kappa shape index (κ2) is 29.0. The highest BCUT2D eigenvalue weighted by molar-refractivity contribution is 5.69. The summed E-state index contributed by atoms with van der Waals surface area (Å²) in [4.78, 5) is 12.6. The number of carbonyl (C=O) groups is 1. The van der Waals surface area contributed by atoms with Crippen LogP contribution in [-0.2, 0) is 33.2 Å². The lowest BCUT2D eigenvalue weighted by molar-refractivity contribution is -0.332. The van der Waals surface area contributed by atoms with E-state index in [0.717, 1.165) is 44.9 Å². The van der Waals surface area contributed by atoms with Gasteiger partial charge in [-0.3, -0.25) is 4.79 Å². The maximum absolute atomic E-state index is 12.6. The van der Waals surface area contributed by atoms with E-state index in [4.69, 9.17) is 28.4 Å². The molecule has 2 heterocycles. The van der Waals surface area contributed by atoms with Crippen LogP contribution in [0.5, 0.6) is 0 Å². The first-order valence-electron chi connectivity index (χ1n) is 20.3. The molecule has 2 aliphatic heterocycles. The van der Waals surface area contributed by atoms with Crippen molar-refractivity contribution in [2.45, 2.75) is 197 Å². The van der Waals surface area contributed by atoms with Crippen LogP contribution in [0.4, 0.5) is 0 Å². The van der Waals surface area contributed by atoms with Gasteiger partial charge >= 0.3 is 5.97 Å². The van der Waals surface area contributed by atoms with E-state index in [-0.39, 0.29) is 19.6 Å². The molecule has 0 aromatic rings. The van der Waals surface area contributed by atoms with Crippen molar-refractivity contribution in [2.24, 2.45) is 0 Å². The predicted octanol–water partition coefficient (Wildman–Crippen LogP) is 3.17. The molecule has 11 unspecified atom stereocenters. The molecule has 0 bridgehead atoms. The Morgan fingerprint density at radius 3 is 1.72 bits per heavy atom. The number of esters is 1. The number of aliphatic hydroxyl groups is 7. The zero-order chi connectivity index (χ0) is 38.8. The lowest BCUT2D eigenvalue weighted by Crippen LogP contribution is -2.61. The molecule has 0 radical (unpaired) electrons. The van der Waals surface area contributed by atoms with Crippen LogP contribution in [0, 0.1) is 0 Å². The van der Waals surface area contributed by atoms with Gasteiger partial charge in [0.25, 0.3) is 0 Å². The number of hydrogen-bond donors (Lipinski definition) is 7. The molecule has 7 N–H and O–H groups in total. The second-order valence-corrected chi connectivity index (χ2v) is 14.5. The van der Waals surface area contributed by atoms with Crippen LogP contribution in [0.1, 0.15) is 129 Å². The van der Waals surface area contributed by atoms with Crippen LogP contribution >= 0.6 is 0 Å². The Morgan fingerprint density at radius 1 is 0.604 bits per heavy atom. The Morgan fingerprint density at radius 2 is 1.11 bits per heavy atom. The lowest BCUT2D eigenvalue weighted by atomic mass is 9.98. The lowest BCUT2D eigenvalue weighted by Gasteiger charge is -2.42. The highest BCUT2D eigenvalue weighted by Gasteiger charge is 2.47. The van der Waals surface area contributed by atoms with Crippen molar-refractivity contribution in [3.05, 3.63) is 12.2 Å². The molecule has 0 aromatic heterocycles. The minimum absolute atomic E-state index is 0.0588. The van der Waals surface area contributed by atoms with Gasteiger partial charge in [0.2, 0.25) is 0 Å². The third-order valence-electron chi connectivity index (χ3n) is 9.77. The molecular formula is C39H72O14. The summed E-state index contributed by atoms with van der Waals surface area (Å²) >= 11 is 0. The summed E-state index contributed by atoms with van der Waals surface area (Å²) in [7, 11) is 0. The summed E-state index contributed by atoms with van der Waals surface area (Å²) in [6.07, 6.45) is 7.90. The monoisotopic (exact) mass is 764 g/mol. The molecule has 2 aliphatic rings. The Hall–Kier alpha value is -1.27. The third kappa shape index (κ3) is 19.0. The van der Waals surface area contributed by atoms with Gasteiger partial charge < -0.3 is 64.2 Å². The van der Waals surface area contributed by atoms with Crippen molar-refractivity contribution < 1.29 is 69.0 Å². The van der Waals surface area contributed by atoms with E-state index in [9.17, 15) is 40.5 Å². The molecule has 0 amide bonds. The molecular weight excluding hydrogens is 692 g/mol. The van der Waals surface area contributed by atoms with Gasteiger partial charge in [-0.1, -0.05) is 96.6 Å². The molecule has 14 nitrogen and oxygen atoms in total. The van der Waals surface area contributed by atoms with Crippen LogP contribution in [0.15, 0.2) is 12.2 Å². The van der Waals surface area contributed by atoms with Gasteiger partial charge in [-0.05, 0) is 38.5 Å². The molecule has 53 heavy (non-hydrogen) atoms. The molecule has 11 atom stereocenters. The minimum Gasteiger partial charge on any atom is -0.457 e. The Labute approximate surface area is 316 Å².